The quantitative estimate of drug-likeness (QED) is 0.832. The normalized spacial score (nSPS) is 12.4. The summed E-state index contributed by atoms with van der Waals surface area (Å²) in [4.78, 5) is 0. The zero-order chi connectivity index (χ0) is 15.4. The number of aryl methyl sites for hydroxylation is 2. The minimum atomic E-state index is -0.214. The van der Waals surface area contributed by atoms with E-state index in [0.717, 1.165) is 18.4 Å². The molecule has 1 unspecified atom stereocenters. The van der Waals surface area contributed by atoms with Crippen molar-refractivity contribution in [3.63, 3.8) is 0 Å². The van der Waals surface area contributed by atoms with Crippen LogP contribution in [0.15, 0.2) is 40.9 Å². The van der Waals surface area contributed by atoms with E-state index in [9.17, 15) is 4.39 Å². The lowest BCUT2D eigenvalue weighted by atomic mass is 9.95. The molecule has 0 heterocycles. The molecule has 0 aliphatic carbocycles. The molecule has 0 saturated heterocycles. The molecule has 112 valence electrons. The van der Waals surface area contributed by atoms with E-state index in [1.54, 1.807) is 0 Å². The van der Waals surface area contributed by atoms with Crippen LogP contribution in [0.5, 0.6) is 0 Å². The number of hydrogen-bond donors (Lipinski definition) is 1. The van der Waals surface area contributed by atoms with Crippen LogP contribution in [-0.4, -0.2) is 13.1 Å². The Morgan fingerprint density at radius 1 is 1.10 bits per heavy atom. The van der Waals surface area contributed by atoms with Gasteiger partial charge >= 0.3 is 0 Å². The van der Waals surface area contributed by atoms with Gasteiger partial charge in [0.1, 0.15) is 5.82 Å². The second kappa shape index (κ2) is 7.19. The van der Waals surface area contributed by atoms with Crippen LogP contribution in [0, 0.1) is 19.7 Å². The van der Waals surface area contributed by atoms with Crippen molar-refractivity contribution >= 4 is 15.9 Å². The van der Waals surface area contributed by atoms with E-state index in [1.807, 2.05) is 19.2 Å². The van der Waals surface area contributed by atoms with Gasteiger partial charge in [0, 0.05) is 6.04 Å². The highest BCUT2D eigenvalue weighted by Gasteiger charge is 2.11. The van der Waals surface area contributed by atoms with Gasteiger partial charge in [-0.15, -0.1) is 0 Å². The Morgan fingerprint density at radius 3 is 2.52 bits per heavy atom. The zero-order valence-corrected chi connectivity index (χ0v) is 14.3. The molecule has 0 radical (unpaired) electrons. The van der Waals surface area contributed by atoms with E-state index in [-0.39, 0.29) is 5.82 Å². The molecule has 21 heavy (non-hydrogen) atoms. The first-order chi connectivity index (χ1) is 9.99. The number of likely N-dealkylation sites (N-methyl/N-ethyl adjacent to an activating group) is 1. The van der Waals surface area contributed by atoms with Gasteiger partial charge < -0.3 is 5.32 Å². The van der Waals surface area contributed by atoms with Crippen molar-refractivity contribution in [1.29, 1.82) is 0 Å². The smallest absolute Gasteiger partial charge is 0.137 e. The molecule has 0 fully saturated rings. The maximum absolute atomic E-state index is 13.3. The molecule has 2 rings (SSSR count). The maximum Gasteiger partial charge on any atom is 0.137 e. The topological polar surface area (TPSA) is 12.0 Å². The highest BCUT2D eigenvalue weighted by atomic mass is 79.9. The molecule has 0 spiro atoms. The highest BCUT2D eigenvalue weighted by Crippen LogP contribution is 2.19. The second-order valence-corrected chi connectivity index (χ2v) is 6.43. The summed E-state index contributed by atoms with van der Waals surface area (Å²) in [5, 5.41) is 3.37. The van der Waals surface area contributed by atoms with Gasteiger partial charge in [-0.1, -0.05) is 29.8 Å². The molecule has 2 aromatic rings. The van der Waals surface area contributed by atoms with Gasteiger partial charge in [0.05, 0.1) is 4.47 Å². The largest absolute Gasteiger partial charge is 0.316 e. The predicted octanol–water partition coefficient (Wildman–Crippen LogP) is 4.58. The van der Waals surface area contributed by atoms with Crippen molar-refractivity contribution in [2.24, 2.45) is 0 Å². The molecule has 1 atom stereocenters. The first-order valence-corrected chi connectivity index (χ1v) is 7.96. The Bertz CT molecular complexity index is 625. The Labute approximate surface area is 134 Å². The van der Waals surface area contributed by atoms with Gasteiger partial charge in [-0.05, 0) is 78.5 Å². The molecular weight excluding hydrogens is 329 g/mol. The van der Waals surface area contributed by atoms with Gasteiger partial charge in [0.15, 0.2) is 0 Å². The van der Waals surface area contributed by atoms with E-state index >= 15 is 0 Å². The van der Waals surface area contributed by atoms with Crippen LogP contribution in [-0.2, 0) is 12.8 Å². The maximum atomic E-state index is 13.3. The van der Waals surface area contributed by atoms with Crippen LogP contribution in [0.3, 0.4) is 0 Å². The zero-order valence-electron chi connectivity index (χ0n) is 12.7. The Morgan fingerprint density at radius 2 is 1.86 bits per heavy atom. The average molecular weight is 350 g/mol. The molecule has 0 aromatic heterocycles. The summed E-state index contributed by atoms with van der Waals surface area (Å²) >= 11 is 3.25. The lowest BCUT2D eigenvalue weighted by molar-refractivity contribution is 0.553. The third-order valence-electron chi connectivity index (χ3n) is 3.85. The molecule has 0 aliphatic rings. The van der Waals surface area contributed by atoms with Crippen molar-refractivity contribution in [2.75, 3.05) is 7.05 Å². The third-order valence-corrected chi connectivity index (χ3v) is 4.45. The van der Waals surface area contributed by atoms with Gasteiger partial charge in [0.2, 0.25) is 0 Å². The van der Waals surface area contributed by atoms with Gasteiger partial charge in [-0.2, -0.15) is 0 Å². The molecule has 2 aromatic carbocycles. The number of rotatable bonds is 5. The van der Waals surface area contributed by atoms with Crippen LogP contribution in [0.2, 0.25) is 0 Å². The first-order valence-electron chi connectivity index (χ1n) is 7.17. The summed E-state index contributed by atoms with van der Waals surface area (Å²) in [6.07, 6.45) is 1.85. The molecule has 3 heteroatoms. The van der Waals surface area contributed by atoms with E-state index in [2.05, 4.69) is 53.3 Å². The first kappa shape index (κ1) is 16.2. The molecule has 0 aliphatic heterocycles. The van der Waals surface area contributed by atoms with Crippen molar-refractivity contribution in [3.05, 3.63) is 68.9 Å². The molecule has 0 bridgehead atoms. The number of halogens is 2. The molecular formula is C18H21BrFN. The van der Waals surface area contributed by atoms with E-state index in [4.69, 9.17) is 0 Å². The summed E-state index contributed by atoms with van der Waals surface area (Å²) in [7, 11) is 1.98. The summed E-state index contributed by atoms with van der Waals surface area (Å²) in [6, 6.07) is 12.1. The van der Waals surface area contributed by atoms with Crippen molar-refractivity contribution < 1.29 is 4.39 Å². The van der Waals surface area contributed by atoms with Crippen LogP contribution < -0.4 is 5.32 Å². The van der Waals surface area contributed by atoms with Crippen LogP contribution in [0.25, 0.3) is 0 Å². The Balaban J connectivity index is 2.12. The van der Waals surface area contributed by atoms with Gasteiger partial charge in [-0.3, -0.25) is 0 Å². The van der Waals surface area contributed by atoms with E-state index in [1.165, 1.54) is 22.8 Å². The third kappa shape index (κ3) is 4.39. The minimum absolute atomic E-state index is 0.214. The minimum Gasteiger partial charge on any atom is -0.316 e. The number of benzene rings is 2. The number of nitrogens with one attached hydrogen (secondary N) is 1. The molecule has 0 saturated carbocycles. The summed E-state index contributed by atoms with van der Waals surface area (Å²) in [5.74, 6) is -0.214. The summed E-state index contributed by atoms with van der Waals surface area (Å²) in [5.41, 5.74) is 5.11. The monoisotopic (exact) mass is 349 g/mol. The fourth-order valence-corrected chi connectivity index (χ4v) is 2.94. The van der Waals surface area contributed by atoms with Crippen molar-refractivity contribution in [2.45, 2.75) is 32.7 Å². The molecule has 0 amide bonds. The fraction of sp³-hybridized carbons (Fsp3) is 0.333. The Kier molecular flexibility index (Phi) is 5.54. The predicted molar refractivity (Wildman–Crippen MR) is 90.3 cm³/mol. The van der Waals surface area contributed by atoms with Crippen LogP contribution >= 0.6 is 15.9 Å². The Hall–Kier alpha value is -1.19. The van der Waals surface area contributed by atoms with Crippen LogP contribution in [0.4, 0.5) is 4.39 Å². The fourth-order valence-electron chi connectivity index (χ4n) is 2.51. The van der Waals surface area contributed by atoms with E-state index < -0.39 is 0 Å². The lowest BCUT2D eigenvalue weighted by Crippen LogP contribution is -2.30. The van der Waals surface area contributed by atoms with Gasteiger partial charge in [-0.25, -0.2) is 4.39 Å². The second-order valence-electron chi connectivity index (χ2n) is 5.57. The van der Waals surface area contributed by atoms with E-state index in [0.29, 0.717) is 10.5 Å². The van der Waals surface area contributed by atoms with Gasteiger partial charge in [0.25, 0.3) is 0 Å². The summed E-state index contributed by atoms with van der Waals surface area (Å²) in [6.45, 7) is 4.27. The SMILES string of the molecule is CNC(Cc1ccc(F)c(Br)c1)Cc1cc(C)ccc1C. The summed E-state index contributed by atoms with van der Waals surface area (Å²) < 4.78 is 13.8. The average Bonchev–Trinajstić information content (AvgIpc) is 2.46. The standard InChI is InChI=1S/C18H21BrFN/c1-12-4-5-13(2)15(8-12)11-16(21-3)9-14-6-7-18(20)17(19)10-14/h4-8,10,16,21H,9,11H2,1-3H3. The molecule has 1 N–H and O–H groups in total. The van der Waals surface area contributed by atoms with Crippen molar-refractivity contribution in [1.82, 2.24) is 5.32 Å². The lowest BCUT2D eigenvalue weighted by Gasteiger charge is -2.18. The van der Waals surface area contributed by atoms with Crippen LogP contribution in [0.1, 0.15) is 22.3 Å². The number of hydrogen-bond acceptors (Lipinski definition) is 1. The highest BCUT2D eigenvalue weighted by molar-refractivity contribution is 9.10. The van der Waals surface area contributed by atoms with Crippen molar-refractivity contribution in [3.8, 4) is 0 Å². The molecule has 1 nitrogen and oxygen atoms in total.